The van der Waals surface area contributed by atoms with Crippen molar-refractivity contribution in [2.75, 3.05) is 6.54 Å². The predicted octanol–water partition coefficient (Wildman–Crippen LogP) is 3.32. The standard InChI is InChI=1S/C20H19NO3/c1-13-6-7-17(11-18(13)22)20(24)21-12-19(23)16-9-8-14-4-2-3-5-15(14)10-16/h2-11,19,22-23H,12H2,1H3,(H,21,24). The van der Waals surface area contributed by atoms with Crippen LogP contribution in [0, 0.1) is 6.92 Å². The molecule has 0 saturated carbocycles. The molecule has 3 aromatic carbocycles. The van der Waals surface area contributed by atoms with E-state index in [1.165, 1.54) is 6.07 Å². The fourth-order valence-electron chi connectivity index (χ4n) is 2.57. The van der Waals surface area contributed by atoms with E-state index in [0.29, 0.717) is 11.1 Å². The average molecular weight is 321 g/mol. The highest BCUT2D eigenvalue weighted by Crippen LogP contribution is 2.21. The SMILES string of the molecule is Cc1ccc(C(=O)NCC(O)c2ccc3ccccc3c2)cc1O. The summed E-state index contributed by atoms with van der Waals surface area (Å²) in [4.78, 5) is 12.1. The van der Waals surface area contributed by atoms with Gasteiger partial charge in [0.15, 0.2) is 0 Å². The van der Waals surface area contributed by atoms with E-state index in [9.17, 15) is 15.0 Å². The Morgan fingerprint density at radius 1 is 1.04 bits per heavy atom. The molecule has 1 amide bonds. The van der Waals surface area contributed by atoms with Crippen molar-refractivity contribution in [2.45, 2.75) is 13.0 Å². The second-order valence-corrected chi connectivity index (χ2v) is 5.83. The molecule has 0 aromatic heterocycles. The number of hydrogen-bond acceptors (Lipinski definition) is 3. The molecule has 1 unspecified atom stereocenters. The number of hydrogen-bond donors (Lipinski definition) is 3. The Morgan fingerprint density at radius 2 is 1.79 bits per heavy atom. The van der Waals surface area contributed by atoms with Crippen molar-refractivity contribution in [1.29, 1.82) is 0 Å². The Balaban J connectivity index is 1.68. The molecule has 0 radical (unpaired) electrons. The Bertz CT molecular complexity index is 889. The molecule has 0 heterocycles. The topological polar surface area (TPSA) is 69.6 Å². The molecule has 1 atom stereocenters. The summed E-state index contributed by atoms with van der Waals surface area (Å²) < 4.78 is 0. The molecule has 0 bridgehead atoms. The van der Waals surface area contributed by atoms with Gasteiger partial charge >= 0.3 is 0 Å². The average Bonchev–Trinajstić information content (AvgIpc) is 2.61. The molecule has 4 heteroatoms. The van der Waals surface area contributed by atoms with Gasteiger partial charge in [-0.3, -0.25) is 4.79 Å². The van der Waals surface area contributed by atoms with E-state index in [0.717, 1.165) is 16.3 Å². The minimum atomic E-state index is -0.794. The number of nitrogens with one attached hydrogen (secondary N) is 1. The van der Waals surface area contributed by atoms with Gasteiger partial charge in [-0.25, -0.2) is 0 Å². The third-order valence-corrected chi connectivity index (χ3v) is 4.09. The van der Waals surface area contributed by atoms with Gasteiger partial charge in [0.05, 0.1) is 6.10 Å². The number of carbonyl (C=O) groups is 1. The van der Waals surface area contributed by atoms with E-state index in [1.54, 1.807) is 19.1 Å². The number of phenolic OH excluding ortho intramolecular Hbond substituents is 1. The highest BCUT2D eigenvalue weighted by Gasteiger charge is 2.12. The first-order chi connectivity index (χ1) is 11.5. The lowest BCUT2D eigenvalue weighted by atomic mass is 10.0. The van der Waals surface area contributed by atoms with Gasteiger partial charge in [0.1, 0.15) is 5.75 Å². The number of amides is 1. The van der Waals surface area contributed by atoms with E-state index in [2.05, 4.69) is 5.32 Å². The minimum absolute atomic E-state index is 0.0812. The summed E-state index contributed by atoms with van der Waals surface area (Å²) in [7, 11) is 0. The van der Waals surface area contributed by atoms with E-state index >= 15 is 0 Å². The molecule has 0 aliphatic heterocycles. The lowest BCUT2D eigenvalue weighted by Gasteiger charge is -2.13. The van der Waals surface area contributed by atoms with Crippen LogP contribution in [0.1, 0.15) is 27.6 Å². The smallest absolute Gasteiger partial charge is 0.251 e. The summed E-state index contributed by atoms with van der Waals surface area (Å²) in [6.07, 6.45) is -0.794. The Morgan fingerprint density at radius 3 is 2.54 bits per heavy atom. The molecular weight excluding hydrogens is 302 g/mol. The summed E-state index contributed by atoms with van der Waals surface area (Å²) in [5.41, 5.74) is 1.83. The first-order valence-electron chi connectivity index (χ1n) is 7.79. The van der Waals surface area contributed by atoms with Crippen LogP contribution in [-0.4, -0.2) is 22.7 Å². The van der Waals surface area contributed by atoms with Gasteiger partial charge in [0, 0.05) is 12.1 Å². The van der Waals surface area contributed by atoms with E-state index < -0.39 is 6.10 Å². The lowest BCUT2D eigenvalue weighted by Crippen LogP contribution is -2.28. The number of aryl methyl sites for hydroxylation is 1. The van der Waals surface area contributed by atoms with Crippen molar-refractivity contribution >= 4 is 16.7 Å². The zero-order valence-electron chi connectivity index (χ0n) is 13.4. The quantitative estimate of drug-likeness (QED) is 0.690. The van der Waals surface area contributed by atoms with Gasteiger partial charge in [0.25, 0.3) is 5.91 Å². The summed E-state index contributed by atoms with van der Waals surface area (Å²) in [6, 6.07) is 18.4. The van der Waals surface area contributed by atoms with Crippen LogP contribution in [0.4, 0.5) is 0 Å². The fourth-order valence-corrected chi connectivity index (χ4v) is 2.57. The zero-order chi connectivity index (χ0) is 17.1. The number of aliphatic hydroxyl groups excluding tert-OH is 1. The van der Waals surface area contributed by atoms with Crippen molar-refractivity contribution in [3.63, 3.8) is 0 Å². The summed E-state index contributed by atoms with van der Waals surface area (Å²) >= 11 is 0. The van der Waals surface area contributed by atoms with Crippen LogP contribution in [0.25, 0.3) is 10.8 Å². The highest BCUT2D eigenvalue weighted by molar-refractivity contribution is 5.94. The van der Waals surface area contributed by atoms with Gasteiger partial charge in [-0.1, -0.05) is 42.5 Å². The Hall–Kier alpha value is -2.85. The molecule has 0 aliphatic rings. The molecule has 0 fully saturated rings. The number of aliphatic hydroxyl groups is 1. The number of carbonyl (C=O) groups excluding carboxylic acids is 1. The largest absolute Gasteiger partial charge is 0.508 e. The van der Waals surface area contributed by atoms with E-state index in [4.69, 9.17) is 0 Å². The van der Waals surface area contributed by atoms with Crippen LogP contribution >= 0.6 is 0 Å². The second-order valence-electron chi connectivity index (χ2n) is 5.83. The number of benzene rings is 3. The molecule has 3 aromatic rings. The van der Waals surface area contributed by atoms with Crippen LogP contribution in [0.3, 0.4) is 0 Å². The van der Waals surface area contributed by atoms with Gasteiger partial charge in [-0.2, -0.15) is 0 Å². The van der Waals surface area contributed by atoms with E-state index in [1.807, 2.05) is 42.5 Å². The van der Waals surface area contributed by atoms with Crippen molar-refractivity contribution in [3.8, 4) is 5.75 Å². The predicted molar refractivity (Wildman–Crippen MR) is 94.1 cm³/mol. The monoisotopic (exact) mass is 321 g/mol. The number of rotatable bonds is 4. The van der Waals surface area contributed by atoms with Crippen LogP contribution in [-0.2, 0) is 0 Å². The number of fused-ring (bicyclic) bond motifs is 1. The highest BCUT2D eigenvalue weighted by atomic mass is 16.3. The van der Waals surface area contributed by atoms with Gasteiger partial charge in [-0.05, 0) is 47.0 Å². The van der Waals surface area contributed by atoms with Crippen molar-refractivity contribution in [3.05, 3.63) is 77.4 Å². The summed E-state index contributed by atoms with van der Waals surface area (Å²) in [6.45, 7) is 1.87. The Labute approximate surface area is 140 Å². The maximum Gasteiger partial charge on any atom is 0.251 e. The molecule has 0 saturated heterocycles. The second kappa shape index (κ2) is 6.72. The molecule has 3 N–H and O–H groups in total. The fraction of sp³-hybridized carbons (Fsp3) is 0.150. The Kier molecular flexibility index (Phi) is 4.49. The third-order valence-electron chi connectivity index (χ3n) is 4.09. The normalized spacial score (nSPS) is 12.1. The number of phenols is 1. The lowest BCUT2D eigenvalue weighted by molar-refractivity contribution is 0.0916. The number of aromatic hydroxyl groups is 1. The van der Waals surface area contributed by atoms with Gasteiger partial charge in [0.2, 0.25) is 0 Å². The zero-order valence-corrected chi connectivity index (χ0v) is 13.4. The van der Waals surface area contributed by atoms with Crippen LogP contribution in [0.15, 0.2) is 60.7 Å². The van der Waals surface area contributed by atoms with Crippen molar-refractivity contribution in [1.82, 2.24) is 5.32 Å². The minimum Gasteiger partial charge on any atom is -0.508 e. The molecular formula is C20H19NO3. The molecule has 122 valence electrons. The van der Waals surface area contributed by atoms with E-state index in [-0.39, 0.29) is 18.2 Å². The van der Waals surface area contributed by atoms with Crippen molar-refractivity contribution in [2.24, 2.45) is 0 Å². The van der Waals surface area contributed by atoms with Crippen LogP contribution in [0.2, 0.25) is 0 Å². The van der Waals surface area contributed by atoms with Gasteiger partial charge in [-0.15, -0.1) is 0 Å². The van der Waals surface area contributed by atoms with Crippen molar-refractivity contribution < 1.29 is 15.0 Å². The first-order valence-corrected chi connectivity index (χ1v) is 7.79. The molecule has 3 rings (SSSR count). The summed E-state index contributed by atoms with van der Waals surface area (Å²) in [5, 5.41) is 24.8. The first kappa shape index (κ1) is 16.0. The van der Waals surface area contributed by atoms with Gasteiger partial charge < -0.3 is 15.5 Å². The van der Waals surface area contributed by atoms with Crippen LogP contribution < -0.4 is 5.32 Å². The third kappa shape index (κ3) is 3.39. The molecule has 0 spiro atoms. The molecule has 4 nitrogen and oxygen atoms in total. The van der Waals surface area contributed by atoms with Crippen LogP contribution in [0.5, 0.6) is 5.75 Å². The molecule has 24 heavy (non-hydrogen) atoms. The maximum atomic E-state index is 12.1. The maximum absolute atomic E-state index is 12.1. The molecule has 0 aliphatic carbocycles. The summed E-state index contributed by atoms with van der Waals surface area (Å²) in [5.74, 6) is -0.247.